The Balaban J connectivity index is 1.94. The van der Waals surface area contributed by atoms with Crippen LogP contribution < -0.4 is 5.32 Å². The summed E-state index contributed by atoms with van der Waals surface area (Å²) >= 11 is 11.9. The largest absolute Gasteiger partial charge is 0.367 e. The minimum absolute atomic E-state index is 0.183. The number of hydrogen-bond donors (Lipinski definition) is 2. The molecule has 2 N–H and O–H groups in total. The van der Waals surface area contributed by atoms with Crippen LogP contribution in [-0.4, -0.2) is 10.9 Å². The minimum Gasteiger partial charge on any atom is -0.367 e. The third-order valence-corrected chi connectivity index (χ3v) is 3.36. The van der Waals surface area contributed by atoms with Crippen LogP contribution in [0.2, 0.25) is 10.0 Å². The first-order valence-corrected chi connectivity index (χ1v) is 6.44. The molecule has 1 heterocycles. The zero-order valence-corrected chi connectivity index (χ0v) is 11.5. The van der Waals surface area contributed by atoms with Crippen LogP contribution in [0.3, 0.4) is 0 Å². The maximum atomic E-state index is 11.6. The van der Waals surface area contributed by atoms with Crippen molar-refractivity contribution in [3.63, 3.8) is 0 Å². The van der Waals surface area contributed by atoms with Crippen molar-refractivity contribution in [2.75, 3.05) is 0 Å². The van der Waals surface area contributed by atoms with Crippen molar-refractivity contribution in [1.82, 2.24) is 10.3 Å². The van der Waals surface area contributed by atoms with Gasteiger partial charge in [0.1, 0.15) is 0 Å². The van der Waals surface area contributed by atoms with Crippen LogP contribution in [0.15, 0.2) is 42.7 Å². The third kappa shape index (κ3) is 3.88. The molecule has 0 radical (unpaired) electrons. The number of nitrogens with one attached hydrogen (secondary N) is 2. The van der Waals surface area contributed by atoms with E-state index in [9.17, 15) is 4.79 Å². The number of rotatable bonds is 4. The quantitative estimate of drug-likeness (QED) is 0.831. The fourth-order valence-electron chi connectivity index (χ4n) is 1.53. The van der Waals surface area contributed by atoms with Gasteiger partial charge in [0.2, 0.25) is 5.91 Å². The molecule has 0 aliphatic heterocycles. The van der Waals surface area contributed by atoms with Crippen LogP contribution in [0.4, 0.5) is 0 Å². The summed E-state index contributed by atoms with van der Waals surface area (Å²) in [7, 11) is 0. The lowest BCUT2D eigenvalue weighted by atomic mass is 10.2. The van der Waals surface area contributed by atoms with E-state index in [-0.39, 0.29) is 5.91 Å². The van der Waals surface area contributed by atoms with Gasteiger partial charge < -0.3 is 10.3 Å². The van der Waals surface area contributed by atoms with Gasteiger partial charge in [0, 0.05) is 25.0 Å². The molecule has 0 aliphatic rings. The maximum Gasteiger partial charge on any atom is 0.244 e. The monoisotopic (exact) mass is 294 g/mol. The number of halogens is 2. The first kappa shape index (κ1) is 13.7. The van der Waals surface area contributed by atoms with Crippen molar-refractivity contribution in [2.24, 2.45) is 0 Å². The molecule has 0 fully saturated rings. The normalized spacial score (nSPS) is 10.8. The van der Waals surface area contributed by atoms with Crippen molar-refractivity contribution in [2.45, 2.75) is 6.54 Å². The standard InChI is InChI=1S/C14H12Cl2N2O/c15-12-3-1-2-11(14(12)16)4-5-13(19)18-9-10-6-7-17-8-10/h1-8,17H,9H2,(H,18,19)/b5-4+. The van der Waals surface area contributed by atoms with E-state index in [0.29, 0.717) is 22.2 Å². The van der Waals surface area contributed by atoms with Crippen LogP contribution in [-0.2, 0) is 11.3 Å². The molecule has 19 heavy (non-hydrogen) atoms. The SMILES string of the molecule is O=C(/C=C/c1cccc(Cl)c1Cl)NCc1cc[nH]c1. The van der Waals surface area contributed by atoms with Crippen LogP contribution in [0, 0.1) is 0 Å². The Morgan fingerprint density at radius 2 is 2.16 bits per heavy atom. The Kier molecular flexibility index (Phi) is 4.66. The smallest absolute Gasteiger partial charge is 0.244 e. The first-order valence-electron chi connectivity index (χ1n) is 5.68. The molecular weight excluding hydrogens is 283 g/mol. The topological polar surface area (TPSA) is 44.9 Å². The lowest BCUT2D eigenvalue weighted by Crippen LogP contribution is -2.19. The van der Waals surface area contributed by atoms with E-state index < -0.39 is 0 Å². The molecule has 5 heteroatoms. The number of carbonyl (C=O) groups is 1. The lowest BCUT2D eigenvalue weighted by molar-refractivity contribution is -0.116. The molecule has 0 atom stereocenters. The van der Waals surface area contributed by atoms with E-state index in [2.05, 4.69) is 10.3 Å². The number of hydrogen-bond acceptors (Lipinski definition) is 1. The van der Waals surface area contributed by atoms with Gasteiger partial charge >= 0.3 is 0 Å². The third-order valence-electron chi connectivity index (χ3n) is 2.52. The second kappa shape index (κ2) is 6.45. The van der Waals surface area contributed by atoms with Crippen LogP contribution in [0.1, 0.15) is 11.1 Å². The van der Waals surface area contributed by atoms with Crippen LogP contribution >= 0.6 is 23.2 Å². The molecule has 1 aromatic heterocycles. The molecule has 0 unspecified atom stereocenters. The maximum absolute atomic E-state index is 11.6. The molecule has 0 bridgehead atoms. The molecule has 3 nitrogen and oxygen atoms in total. The number of H-pyrrole nitrogens is 1. The van der Waals surface area contributed by atoms with Gasteiger partial charge in [0.25, 0.3) is 0 Å². The molecule has 0 spiro atoms. The molecule has 0 aliphatic carbocycles. The Morgan fingerprint density at radius 1 is 1.32 bits per heavy atom. The summed E-state index contributed by atoms with van der Waals surface area (Å²) < 4.78 is 0. The number of carbonyl (C=O) groups excluding carboxylic acids is 1. The van der Waals surface area contributed by atoms with Crippen molar-refractivity contribution >= 4 is 35.2 Å². The average Bonchev–Trinajstić information content (AvgIpc) is 2.91. The van der Waals surface area contributed by atoms with Crippen LogP contribution in [0.25, 0.3) is 6.08 Å². The van der Waals surface area contributed by atoms with Gasteiger partial charge in [-0.25, -0.2) is 0 Å². The van der Waals surface area contributed by atoms with Gasteiger partial charge in [-0.15, -0.1) is 0 Å². The highest BCUT2D eigenvalue weighted by atomic mass is 35.5. The van der Waals surface area contributed by atoms with E-state index in [0.717, 1.165) is 5.56 Å². The fraction of sp³-hybridized carbons (Fsp3) is 0.0714. The Labute approximate surface area is 121 Å². The van der Waals surface area contributed by atoms with Crippen molar-refractivity contribution < 1.29 is 4.79 Å². The predicted octanol–water partition coefficient (Wildman–Crippen LogP) is 3.65. The number of aromatic amines is 1. The summed E-state index contributed by atoms with van der Waals surface area (Å²) in [6.07, 6.45) is 6.71. The fourth-order valence-corrected chi connectivity index (χ4v) is 1.90. The summed E-state index contributed by atoms with van der Waals surface area (Å²) in [5.41, 5.74) is 1.73. The Bertz CT molecular complexity index is 591. The highest BCUT2D eigenvalue weighted by Gasteiger charge is 2.02. The van der Waals surface area contributed by atoms with Gasteiger partial charge in [0.05, 0.1) is 10.0 Å². The summed E-state index contributed by atoms with van der Waals surface area (Å²) in [4.78, 5) is 14.5. The highest BCUT2D eigenvalue weighted by molar-refractivity contribution is 6.42. The Morgan fingerprint density at radius 3 is 2.89 bits per heavy atom. The van der Waals surface area contributed by atoms with Crippen molar-refractivity contribution in [3.05, 3.63) is 63.9 Å². The van der Waals surface area contributed by atoms with E-state index >= 15 is 0 Å². The van der Waals surface area contributed by atoms with Crippen LogP contribution in [0.5, 0.6) is 0 Å². The predicted molar refractivity (Wildman–Crippen MR) is 78.1 cm³/mol. The second-order valence-electron chi connectivity index (χ2n) is 3.91. The highest BCUT2D eigenvalue weighted by Crippen LogP contribution is 2.26. The van der Waals surface area contributed by atoms with Gasteiger partial charge in [-0.05, 0) is 29.3 Å². The number of benzene rings is 1. The zero-order valence-electron chi connectivity index (χ0n) is 9.99. The number of amides is 1. The summed E-state index contributed by atoms with van der Waals surface area (Å²) in [5, 5.41) is 3.68. The molecule has 1 amide bonds. The molecule has 2 aromatic rings. The molecule has 98 valence electrons. The van der Waals surface area contributed by atoms with Gasteiger partial charge in [-0.2, -0.15) is 0 Å². The van der Waals surface area contributed by atoms with Gasteiger partial charge in [-0.3, -0.25) is 4.79 Å². The van der Waals surface area contributed by atoms with E-state index in [1.807, 2.05) is 18.5 Å². The average molecular weight is 295 g/mol. The summed E-state index contributed by atoms with van der Waals surface area (Å²) in [6.45, 7) is 0.482. The van der Waals surface area contributed by atoms with Crippen molar-refractivity contribution in [1.29, 1.82) is 0 Å². The molecule has 0 saturated heterocycles. The van der Waals surface area contributed by atoms with E-state index in [1.54, 1.807) is 24.3 Å². The van der Waals surface area contributed by atoms with E-state index in [4.69, 9.17) is 23.2 Å². The second-order valence-corrected chi connectivity index (χ2v) is 4.70. The summed E-state index contributed by atoms with van der Waals surface area (Å²) in [6, 6.07) is 7.18. The Hall–Kier alpha value is -1.71. The molecule has 0 saturated carbocycles. The molecular formula is C14H12Cl2N2O. The molecule has 2 rings (SSSR count). The van der Waals surface area contributed by atoms with Gasteiger partial charge in [-0.1, -0.05) is 35.3 Å². The summed E-state index contributed by atoms with van der Waals surface area (Å²) in [5.74, 6) is -0.183. The van der Waals surface area contributed by atoms with Crippen molar-refractivity contribution in [3.8, 4) is 0 Å². The van der Waals surface area contributed by atoms with E-state index in [1.165, 1.54) is 6.08 Å². The zero-order chi connectivity index (χ0) is 13.7. The first-order chi connectivity index (χ1) is 9.16. The van der Waals surface area contributed by atoms with Gasteiger partial charge in [0.15, 0.2) is 0 Å². The lowest BCUT2D eigenvalue weighted by Gasteiger charge is -2.01. The number of aromatic nitrogens is 1. The minimum atomic E-state index is -0.183. The molecule has 1 aromatic carbocycles.